The molecule has 0 spiro atoms. The lowest BCUT2D eigenvalue weighted by Gasteiger charge is -2.07. The Hall–Kier alpha value is -2.51. The second-order valence-corrected chi connectivity index (χ2v) is 5.90. The first-order valence-corrected chi connectivity index (χ1v) is 8.11. The maximum absolute atomic E-state index is 12.1. The summed E-state index contributed by atoms with van der Waals surface area (Å²) < 4.78 is 14.6. The number of carbonyl (C=O) groups excluding carboxylic acids is 2. The number of esters is 2. The molecular weight excluding hydrogens is 352 g/mol. The molecular formula is C16H11ClN2O4S. The van der Waals surface area contributed by atoms with Crippen LogP contribution in [-0.4, -0.2) is 34.7 Å². The molecule has 0 saturated carbocycles. The van der Waals surface area contributed by atoms with Crippen LogP contribution in [0.2, 0.25) is 5.02 Å². The Labute approximate surface area is 146 Å². The third kappa shape index (κ3) is 3.69. The van der Waals surface area contributed by atoms with E-state index < -0.39 is 11.9 Å². The highest BCUT2D eigenvalue weighted by Crippen LogP contribution is 2.20. The number of aromatic nitrogens is 2. The molecule has 1 heterocycles. The zero-order valence-corrected chi connectivity index (χ0v) is 13.8. The second kappa shape index (κ2) is 7.37. The maximum atomic E-state index is 12.1. The van der Waals surface area contributed by atoms with Crippen LogP contribution in [0.5, 0.6) is 0 Å². The number of hydrogen-bond donors (Lipinski definition) is 0. The summed E-state index contributed by atoms with van der Waals surface area (Å²) in [6.07, 6.45) is 0. The van der Waals surface area contributed by atoms with Crippen LogP contribution in [0.25, 0.3) is 10.2 Å². The summed E-state index contributed by atoms with van der Waals surface area (Å²) >= 11 is 6.88. The van der Waals surface area contributed by atoms with E-state index in [0.29, 0.717) is 26.4 Å². The highest BCUT2D eigenvalue weighted by atomic mass is 35.5. The Bertz CT molecular complexity index is 879. The Kier molecular flexibility index (Phi) is 5.02. The number of ether oxygens (including phenoxy) is 2. The lowest BCUT2D eigenvalue weighted by Crippen LogP contribution is -2.14. The van der Waals surface area contributed by atoms with Gasteiger partial charge in [-0.15, -0.1) is 5.10 Å². The predicted molar refractivity (Wildman–Crippen MR) is 89.4 cm³/mol. The lowest BCUT2D eigenvalue weighted by molar-refractivity contribution is 0.0267. The van der Waals surface area contributed by atoms with Crippen LogP contribution in [-0.2, 0) is 9.47 Å². The number of benzene rings is 2. The minimum absolute atomic E-state index is 0.0376. The molecule has 3 rings (SSSR count). The first-order chi connectivity index (χ1) is 11.6. The fourth-order valence-electron chi connectivity index (χ4n) is 1.98. The topological polar surface area (TPSA) is 78.4 Å². The molecule has 0 saturated heterocycles. The van der Waals surface area contributed by atoms with Gasteiger partial charge in [-0.3, -0.25) is 0 Å². The molecule has 6 nitrogen and oxygen atoms in total. The van der Waals surface area contributed by atoms with Gasteiger partial charge in [-0.2, -0.15) is 0 Å². The fraction of sp³-hybridized carbons (Fsp3) is 0.125. The minimum atomic E-state index is -0.505. The van der Waals surface area contributed by atoms with Crippen LogP contribution < -0.4 is 0 Å². The number of nitrogens with zero attached hydrogens (tertiary/aromatic N) is 2. The molecule has 0 atom stereocenters. The molecule has 1 aromatic heterocycles. The van der Waals surface area contributed by atoms with Crippen LogP contribution in [0.15, 0.2) is 42.5 Å². The molecule has 0 aliphatic heterocycles. The average molecular weight is 363 g/mol. The smallest absolute Gasteiger partial charge is 0.339 e. The molecule has 3 aromatic rings. The molecule has 0 N–H and O–H groups in total. The molecule has 0 unspecified atom stereocenters. The first-order valence-electron chi connectivity index (χ1n) is 6.96. The third-order valence-electron chi connectivity index (χ3n) is 3.12. The molecule has 0 bridgehead atoms. The quantitative estimate of drug-likeness (QED) is 0.511. The molecule has 122 valence electrons. The second-order valence-electron chi connectivity index (χ2n) is 4.71. The number of fused-ring (bicyclic) bond motifs is 1. The number of carbonyl (C=O) groups is 2. The molecule has 0 aliphatic rings. The van der Waals surface area contributed by atoms with Crippen LogP contribution in [0.1, 0.15) is 20.7 Å². The normalized spacial score (nSPS) is 10.5. The monoisotopic (exact) mass is 362 g/mol. The van der Waals surface area contributed by atoms with E-state index >= 15 is 0 Å². The molecule has 0 fully saturated rings. The van der Waals surface area contributed by atoms with Crippen LogP contribution in [0.3, 0.4) is 0 Å². The van der Waals surface area contributed by atoms with Crippen molar-refractivity contribution in [3.8, 4) is 0 Å². The Balaban J connectivity index is 1.51. The average Bonchev–Trinajstić information content (AvgIpc) is 3.07. The van der Waals surface area contributed by atoms with Gasteiger partial charge < -0.3 is 9.47 Å². The fourth-order valence-corrected chi connectivity index (χ4v) is 2.77. The van der Waals surface area contributed by atoms with Crippen molar-refractivity contribution in [2.75, 3.05) is 13.2 Å². The molecule has 0 amide bonds. The minimum Gasteiger partial charge on any atom is -0.458 e. The Morgan fingerprint density at radius 2 is 1.71 bits per heavy atom. The summed E-state index contributed by atoms with van der Waals surface area (Å²) in [5, 5.41) is 4.44. The van der Waals surface area contributed by atoms with E-state index in [9.17, 15) is 9.59 Å². The van der Waals surface area contributed by atoms with E-state index in [2.05, 4.69) is 9.59 Å². The number of rotatable bonds is 5. The zero-order chi connectivity index (χ0) is 16.9. The summed E-state index contributed by atoms with van der Waals surface area (Å²) in [5.41, 5.74) is 1.42. The van der Waals surface area contributed by atoms with Gasteiger partial charge >= 0.3 is 11.9 Å². The highest BCUT2D eigenvalue weighted by Gasteiger charge is 2.14. The van der Waals surface area contributed by atoms with Gasteiger partial charge in [0.1, 0.15) is 18.7 Å². The van der Waals surface area contributed by atoms with E-state index in [1.807, 2.05) is 0 Å². The van der Waals surface area contributed by atoms with E-state index in [4.69, 9.17) is 21.1 Å². The van der Waals surface area contributed by atoms with Crippen LogP contribution in [0, 0.1) is 0 Å². The standard InChI is InChI=1S/C16H11ClN2O4S/c17-11-6-4-10(5-7-11)15(20)22-8-9-23-16(21)12-2-1-3-13-14(12)24-19-18-13/h1-7H,8-9H2. The van der Waals surface area contributed by atoms with E-state index in [0.717, 1.165) is 11.5 Å². The van der Waals surface area contributed by atoms with Gasteiger partial charge in [0.2, 0.25) is 0 Å². The molecule has 0 radical (unpaired) electrons. The molecule has 24 heavy (non-hydrogen) atoms. The number of hydrogen-bond acceptors (Lipinski definition) is 7. The third-order valence-corrected chi connectivity index (χ3v) is 4.15. The summed E-state index contributed by atoms with van der Waals surface area (Å²) in [4.78, 5) is 23.9. The van der Waals surface area contributed by atoms with Crippen molar-refractivity contribution in [2.24, 2.45) is 0 Å². The van der Waals surface area contributed by atoms with E-state index in [-0.39, 0.29) is 13.2 Å². The van der Waals surface area contributed by atoms with Gasteiger partial charge in [0.25, 0.3) is 0 Å². The summed E-state index contributed by atoms with van der Waals surface area (Å²) in [7, 11) is 0. The van der Waals surface area contributed by atoms with E-state index in [1.165, 1.54) is 0 Å². The summed E-state index contributed by atoms with van der Waals surface area (Å²) in [6.45, 7) is -0.0785. The van der Waals surface area contributed by atoms with E-state index in [1.54, 1.807) is 42.5 Å². The Morgan fingerprint density at radius 3 is 2.46 bits per heavy atom. The Morgan fingerprint density at radius 1 is 1.00 bits per heavy atom. The van der Waals surface area contributed by atoms with Crippen LogP contribution in [0.4, 0.5) is 0 Å². The SMILES string of the molecule is O=C(OCCOC(=O)c1cccc2nnsc12)c1ccc(Cl)cc1. The van der Waals surface area contributed by atoms with Gasteiger partial charge in [-0.1, -0.05) is 22.2 Å². The van der Waals surface area contributed by atoms with Gasteiger partial charge in [0.15, 0.2) is 0 Å². The van der Waals surface area contributed by atoms with Crippen molar-refractivity contribution >= 4 is 45.3 Å². The maximum Gasteiger partial charge on any atom is 0.339 e. The van der Waals surface area contributed by atoms with Crippen molar-refractivity contribution in [3.05, 3.63) is 58.6 Å². The van der Waals surface area contributed by atoms with Crippen molar-refractivity contribution in [3.63, 3.8) is 0 Å². The van der Waals surface area contributed by atoms with Gasteiger partial charge in [0.05, 0.1) is 15.8 Å². The zero-order valence-electron chi connectivity index (χ0n) is 12.3. The summed E-state index contributed by atoms with van der Waals surface area (Å²) in [5.74, 6) is -1.01. The first kappa shape index (κ1) is 16.4. The van der Waals surface area contributed by atoms with Crippen molar-refractivity contribution < 1.29 is 19.1 Å². The molecule has 2 aromatic carbocycles. The van der Waals surface area contributed by atoms with Gasteiger partial charge in [-0.05, 0) is 47.9 Å². The van der Waals surface area contributed by atoms with Gasteiger partial charge in [0, 0.05) is 5.02 Å². The van der Waals surface area contributed by atoms with Crippen LogP contribution >= 0.6 is 23.1 Å². The largest absolute Gasteiger partial charge is 0.458 e. The van der Waals surface area contributed by atoms with Crippen molar-refractivity contribution in [2.45, 2.75) is 0 Å². The molecule has 8 heteroatoms. The predicted octanol–water partition coefficient (Wildman–Crippen LogP) is 3.36. The molecule has 0 aliphatic carbocycles. The van der Waals surface area contributed by atoms with Crippen molar-refractivity contribution in [1.82, 2.24) is 9.59 Å². The number of halogens is 1. The lowest BCUT2D eigenvalue weighted by atomic mass is 10.2. The highest BCUT2D eigenvalue weighted by molar-refractivity contribution is 7.13. The van der Waals surface area contributed by atoms with Gasteiger partial charge in [-0.25, -0.2) is 9.59 Å². The summed E-state index contributed by atoms with van der Waals surface area (Å²) in [6, 6.07) is 11.4. The van der Waals surface area contributed by atoms with Crippen molar-refractivity contribution in [1.29, 1.82) is 0 Å².